The number of ether oxygens (including phenoxy) is 1. The standard InChI is InChI=1S/C14H15ClFNO4/c15-11-5-10(16)3-4-12(11)21-8-13(18)17(7-14(19)20)6-9-1-2-9/h3-5,9H,1-2,6-8H2,(H,19,20). The number of carboxylic acids is 1. The third kappa shape index (κ3) is 4.90. The molecule has 114 valence electrons. The van der Waals surface area contributed by atoms with E-state index in [4.69, 9.17) is 21.4 Å². The molecule has 0 aromatic heterocycles. The van der Waals surface area contributed by atoms with Crippen LogP contribution in [0.5, 0.6) is 5.75 Å². The summed E-state index contributed by atoms with van der Waals surface area (Å²) in [6.07, 6.45) is 2.02. The van der Waals surface area contributed by atoms with E-state index in [1.165, 1.54) is 17.0 Å². The van der Waals surface area contributed by atoms with Crippen molar-refractivity contribution < 1.29 is 23.8 Å². The Bertz CT molecular complexity index is 548. The Balaban J connectivity index is 1.92. The zero-order valence-corrected chi connectivity index (χ0v) is 12.0. The molecule has 0 aliphatic heterocycles. The largest absolute Gasteiger partial charge is 0.482 e. The molecule has 0 radical (unpaired) electrons. The molecule has 0 saturated heterocycles. The van der Waals surface area contributed by atoms with Gasteiger partial charge in [0.1, 0.15) is 18.1 Å². The first-order chi connectivity index (χ1) is 9.95. The number of hydrogen-bond donors (Lipinski definition) is 1. The molecule has 1 aromatic carbocycles. The maximum Gasteiger partial charge on any atom is 0.323 e. The summed E-state index contributed by atoms with van der Waals surface area (Å²) < 4.78 is 18.1. The minimum atomic E-state index is -1.07. The molecule has 1 saturated carbocycles. The number of benzene rings is 1. The highest BCUT2D eigenvalue weighted by Gasteiger charge is 2.28. The molecule has 1 aliphatic rings. The second-order valence-electron chi connectivity index (χ2n) is 4.97. The van der Waals surface area contributed by atoms with Crippen LogP contribution in [0.15, 0.2) is 18.2 Å². The van der Waals surface area contributed by atoms with Crippen molar-refractivity contribution in [2.45, 2.75) is 12.8 Å². The third-order valence-corrected chi connectivity index (χ3v) is 3.39. The van der Waals surface area contributed by atoms with Gasteiger partial charge in [0.2, 0.25) is 0 Å². The molecule has 0 spiro atoms. The topological polar surface area (TPSA) is 66.8 Å². The van der Waals surface area contributed by atoms with E-state index in [0.29, 0.717) is 12.5 Å². The lowest BCUT2D eigenvalue weighted by Crippen LogP contribution is -2.40. The van der Waals surface area contributed by atoms with Gasteiger partial charge in [-0.25, -0.2) is 4.39 Å². The highest BCUT2D eigenvalue weighted by atomic mass is 35.5. The normalized spacial score (nSPS) is 13.8. The molecule has 1 fully saturated rings. The van der Waals surface area contributed by atoms with Crippen LogP contribution < -0.4 is 4.74 Å². The van der Waals surface area contributed by atoms with E-state index < -0.39 is 17.7 Å². The van der Waals surface area contributed by atoms with Gasteiger partial charge in [0.25, 0.3) is 5.91 Å². The molecule has 1 aliphatic carbocycles. The molecule has 1 N–H and O–H groups in total. The zero-order chi connectivity index (χ0) is 15.4. The quantitative estimate of drug-likeness (QED) is 0.837. The monoisotopic (exact) mass is 315 g/mol. The summed E-state index contributed by atoms with van der Waals surface area (Å²) in [5.41, 5.74) is 0. The Hall–Kier alpha value is -1.82. The molecule has 7 heteroatoms. The Morgan fingerprint density at radius 2 is 2.14 bits per heavy atom. The van der Waals surface area contributed by atoms with Gasteiger partial charge in [-0.2, -0.15) is 0 Å². The number of rotatable bonds is 7. The van der Waals surface area contributed by atoms with Crippen molar-refractivity contribution in [1.29, 1.82) is 0 Å². The Labute approximate surface area is 126 Å². The van der Waals surface area contributed by atoms with Gasteiger partial charge in [-0.15, -0.1) is 0 Å². The molecule has 2 rings (SSSR count). The van der Waals surface area contributed by atoms with Crippen LogP contribution in [0.25, 0.3) is 0 Å². The fraction of sp³-hybridized carbons (Fsp3) is 0.429. The fourth-order valence-electron chi connectivity index (χ4n) is 1.85. The summed E-state index contributed by atoms with van der Waals surface area (Å²) in [7, 11) is 0. The summed E-state index contributed by atoms with van der Waals surface area (Å²) in [6, 6.07) is 3.58. The SMILES string of the molecule is O=C(O)CN(CC1CC1)C(=O)COc1ccc(F)cc1Cl. The van der Waals surface area contributed by atoms with Gasteiger partial charge in [-0.1, -0.05) is 11.6 Å². The summed E-state index contributed by atoms with van der Waals surface area (Å²) in [4.78, 5) is 24.1. The lowest BCUT2D eigenvalue weighted by atomic mass is 10.3. The van der Waals surface area contributed by atoms with Crippen LogP contribution >= 0.6 is 11.6 Å². The van der Waals surface area contributed by atoms with Crippen LogP contribution in [-0.4, -0.2) is 41.6 Å². The number of amides is 1. The average Bonchev–Trinajstić information content (AvgIpc) is 3.20. The molecule has 0 unspecified atom stereocenters. The molecular formula is C14H15ClFNO4. The number of carbonyl (C=O) groups excluding carboxylic acids is 1. The Kier molecular flexibility index (Phi) is 5.01. The number of carbonyl (C=O) groups is 2. The summed E-state index contributed by atoms with van der Waals surface area (Å²) in [6.45, 7) is -0.257. The van der Waals surface area contributed by atoms with Gasteiger partial charge >= 0.3 is 5.97 Å². The number of hydrogen-bond acceptors (Lipinski definition) is 3. The van der Waals surface area contributed by atoms with Gasteiger partial charge in [-0.3, -0.25) is 9.59 Å². The molecule has 5 nitrogen and oxygen atoms in total. The highest BCUT2D eigenvalue weighted by Crippen LogP contribution is 2.30. The molecule has 0 atom stereocenters. The van der Waals surface area contributed by atoms with E-state index >= 15 is 0 Å². The minimum Gasteiger partial charge on any atom is -0.482 e. The van der Waals surface area contributed by atoms with E-state index in [-0.39, 0.29) is 23.9 Å². The van der Waals surface area contributed by atoms with Gasteiger partial charge < -0.3 is 14.7 Å². The Morgan fingerprint density at radius 1 is 1.43 bits per heavy atom. The highest BCUT2D eigenvalue weighted by molar-refractivity contribution is 6.32. The molecule has 1 aromatic rings. The van der Waals surface area contributed by atoms with Gasteiger partial charge in [-0.05, 0) is 37.0 Å². The number of carboxylic acid groups (broad SMARTS) is 1. The van der Waals surface area contributed by atoms with Crippen LogP contribution in [0, 0.1) is 11.7 Å². The van der Waals surface area contributed by atoms with Crippen LogP contribution in [0.2, 0.25) is 5.02 Å². The Morgan fingerprint density at radius 3 is 2.71 bits per heavy atom. The fourth-order valence-corrected chi connectivity index (χ4v) is 2.07. The summed E-state index contributed by atoms with van der Waals surface area (Å²) >= 11 is 5.79. The van der Waals surface area contributed by atoms with Gasteiger partial charge in [0, 0.05) is 6.54 Å². The lowest BCUT2D eigenvalue weighted by Gasteiger charge is -2.20. The van der Waals surface area contributed by atoms with Crippen LogP contribution in [0.1, 0.15) is 12.8 Å². The number of aliphatic carboxylic acids is 1. The van der Waals surface area contributed by atoms with Crippen molar-refractivity contribution >= 4 is 23.5 Å². The molecule has 21 heavy (non-hydrogen) atoms. The first-order valence-electron chi connectivity index (χ1n) is 6.53. The predicted molar refractivity (Wildman–Crippen MR) is 73.8 cm³/mol. The van der Waals surface area contributed by atoms with Crippen molar-refractivity contribution in [3.05, 3.63) is 29.0 Å². The van der Waals surface area contributed by atoms with Crippen molar-refractivity contribution in [3.8, 4) is 5.75 Å². The maximum absolute atomic E-state index is 12.9. The van der Waals surface area contributed by atoms with Crippen LogP contribution in [-0.2, 0) is 9.59 Å². The first kappa shape index (κ1) is 15.6. The van der Waals surface area contributed by atoms with Crippen LogP contribution in [0.3, 0.4) is 0 Å². The van der Waals surface area contributed by atoms with Crippen LogP contribution in [0.4, 0.5) is 4.39 Å². The lowest BCUT2D eigenvalue weighted by molar-refractivity contribution is -0.145. The predicted octanol–water partition coefficient (Wildman–Crippen LogP) is 2.18. The molecule has 1 amide bonds. The zero-order valence-electron chi connectivity index (χ0n) is 11.2. The van der Waals surface area contributed by atoms with Gasteiger partial charge in [0.05, 0.1) is 5.02 Å². The van der Waals surface area contributed by atoms with Crippen molar-refractivity contribution in [2.24, 2.45) is 5.92 Å². The molecule has 0 bridgehead atoms. The van der Waals surface area contributed by atoms with Crippen molar-refractivity contribution in [1.82, 2.24) is 4.90 Å². The second-order valence-corrected chi connectivity index (χ2v) is 5.38. The minimum absolute atomic E-state index is 0.0646. The molecular weight excluding hydrogens is 301 g/mol. The van der Waals surface area contributed by atoms with E-state index in [1.807, 2.05) is 0 Å². The first-order valence-corrected chi connectivity index (χ1v) is 6.91. The van der Waals surface area contributed by atoms with E-state index in [2.05, 4.69) is 0 Å². The average molecular weight is 316 g/mol. The third-order valence-electron chi connectivity index (χ3n) is 3.10. The number of halogens is 2. The smallest absolute Gasteiger partial charge is 0.323 e. The van der Waals surface area contributed by atoms with E-state index in [1.54, 1.807) is 0 Å². The second kappa shape index (κ2) is 6.76. The van der Waals surface area contributed by atoms with Gasteiger partial charge in [0.15, 0.2) is 6.61 Å². The summed E-state index contributed by atoms with van der Waals surface area (Å²) in [5, 5.41) is 8.89. The van der Waals surface area contributed by atoms with Crippen molar-refractivity contribution in [3.63, 3.8) is 0 Å². The van der Waals surface area contributed by atoms with E-state index in [9.17, 15) is 14.0 Å². The molecule has 0 heterocycles. The summed E-state index contributed by atoms with van der Waals surface area (Å²) in [5.74, 6) is -1.43. The number of nitrogens with zero attached hydrogens (tertiary/aromatic N) is 1. The van der Waals surface area contributed by atoms with Crippen molar-refractivity contribution in [2.75, 3.05) is 19.7 Å². The maximum atomic E-state index is 12.9. The van der Waals surface area contributed by atoms with E-state index in [0.717, 1.165) is 18.9 Å².